The van der Waals surface area contributed by atoms with E-state index in [1.807, 2.05) is 17.4 Å². The number of hydrogen-bond donors (Lipinski definition) is 0. The zero-order valence-corrected chi connectivity index (χ0v) is 23.3. The monoisotopic (exact) mass is 509 g/mol. The molecule has 0 saturated heterocycles. The zero-order chi connectivity index (χ0) is 25.0. The summed E-state index contributed by atoms with van der Waals surface area (Å²) in [5.41, 5.74) is 2.64. The molecule has 0 spiro atoms. The van der Waals surface area contributed by atoms with Crippen molar-refractivity contribution in [1.29, 1.82) is 0 Å². The second-order valence-corrected chi connectivity index (χ2v) is 12.1. The van der Waals surface area contributed by atoms with Crippen molar-refractivity contribution in [2.45, 2.75) is 116 Å². The normalized spacial score (nSPS) is 18.3. The summed E-state index contributed by atoms with van der Waals surface area (Å²) in [5.74, 6) is 1.73. The van der Waals surface area contributed by atoms with Crippen LogP contribution in [-0.4, -0.2) is 30.0 Å². The van der Waals surface area contributed by atoms with Gasteiger partial charge in [-0.3, -0.25) is 9.69 Å². The van der Waals surface area contributed by atoms with Crippen LogP contribution in [0, 0.1) is 5.92 Å². The van der Waals surface area contributed by atoms with Crippen LogP contribution in [0.15, 0.2) is 35.7 Å². The lowest BCUT2D eigenvalue weighted by atomic mass is 9.85. The van der Waals surface area contributed by atoms with Gasteiger partial charge in [0.15, 0.2) is 0 Å². The van der Waals surface area contributed by atoms with E-state index in [-0.39, 0.29) is 5.97 Å². The minimum absolute atomic E-state index is 0.0543. The largest absolute Gasteiger partial charge is 0.426 e. The number of unbranched alkanes of at least 4 members (excludes halogenated alkanes) is 3. The maximum Gasteiger partial charge on any atom is 0.311 e. The molecule has 0 N–H and O–H groups in total. The molecular formula is C32H47NO2S. The lowest BCUT2D eigenvalue weighted by Crippen LogP contribution is -2.41. The fourth-order valence-corrected chi connectivity index (χ4v) is 7.04. The zero-order valence-electron chi connectivity index (χ0n) is 22.5. The first-order valence-electron chi connectivity index (χ1n) is 14.8. The fourth-order valence-electron chi connectivity index (χ4n) is 6.34. The second-order valence-electron chi connectivity index (χ2n) is 11.1. The Hall–Kier alpha value is -1.65. The van der Waals surface area contributed by atoms with Gasteiger partial charge in [-0.15, -0.1) is 11.3 Å². The number of thiophene rings is 1. The Morgan fingerprint density at radius 2 is 1.86 bits per heavy atom. The quantitative estimate of drug-likeness (QED) is 0.145. The third-order valence-corrected chi connectivity index (χ3v) is 9.29. The summed E-state index contributed by atoms with van der Waals surface area (Å²) in [6.45, 7) is 4.56. The Bertz CT molecular complexity index is 903. The molecule has 36 heavy (non-hydrogen) atoms. The molecule has 1 heterocycles. The maximum absolute atomic E-state index is 12.6. The number of nitrogens with zero attached hydrogens (tertiary/aromatic N) is 1. The van der Waals surface area contributed by atoms with Gasteiger partial charge in [0.2, 0.25) is 0 Å². The van der Waals surface area contributed by atoms with Crippen molar-refractivity contribution < 1.29 is 9.53 Å². The molecule has 0 radical (unpaired) electrons. The molecule has 0 bridgehead atoms. The highest BCUT2D eigenvalue weighted by Gasteiger charge is 2.26. The van der Waals surface area contributed by atoms with Gasteiger partial charge in [0.1, 0.15) is 5.75 Å². The van der Waals surface area contributed by atoms with Gasteiger partial charge >= 0.3 is 5.97 Å². The lowest BCUT2D eigenvalue weighted by molar-refractivity contribution is -0.134. The van der Waals surface area contributed by atoms with Gasteiger partial charge in [-0.1, -0.05) is 82.9 Å². The topological polar surface area (TPSA) is 29.5 Å². The Labute approximate surface area is 223 Å². The van der Waals surface area contributed by atoms with Crippen LogP contribution in [0.5, 0.6) is 5.75 Å². The molecule has 0 aliphatic heterocycles. The highest BCUT2D eigenvalue weighted by Crippen LogP contribution is 2.32. The molecular weight excluding hydrogens is 462 g/mol. The Morgan fingerprint density at radius 1 is 1.00 bits per heavy atom. The number of rotatable bonds is 14. The van der Waals surface area contributed by atoms with Crippen molar-refractivity contribution in [3.8, 4) is 5.75 Å². The Kier molecular flexibility index (Phi) is 11.4. The molecule has 4 heteroatoms. The molecule has 1 fully saturated rings. The molecule has 1 atom stereocenters. The SMILES string of the molecule is CCCN(CCc1cccs1)C1CCc2c(cccc2OC(=O)CCCCCCC2CCCCC2)C1. The summed E-state index contributed by atoms with van der Waals surface area (Å²) in [6.07, 6.45) is 19.4. The predicted octanol–water partition coefficient (Wildman–Crippen LogP) is 8.39. The first-order chi connectivity index (χ1) is 17.7. The van der Waals surface area contributed by atoms with Crippen LogP contribution in [0.1, 0.15) is 106 Å². The molecule has 3 nitrogen and oxygen atoms in total. The van der Waals surface area contributed by atoms with Crippen molar-refractivity contribution in [2.75, 3.05) is 13.1 Å². The average molecular weight is 510 g/mol. The van der Waals surface area contributed by atoms with Gasteiger partial charge < -0.3 is 4.74 Å². The highest BCUT2D eigenvalue weighted by atomic mass is 32.1. The Morgan fingerprint density at radius 3 is 2.67 bits per heavy atom. The Balaban J connectivity index is 1.20. The first kappa shape index (κ1) is 27.4. The van der Waals surface area contributed by atoms with Crippen LogP contribution in [0.3, 0.4) is 0 Å². The number of fused-ring (bicyclic) bond motifs is 1. The number of esters is 1. The van der Waals surface area contributed by atoms with Crippen molar-refractivity contribution in [3.63, 3.8) is 0 Å². The van der Waals surface area contributed by atoms with E-state index in [9.17, 15) is 4.79 Å². The number of benzene rings is 1. The number of carbonyl (C=O) groups excluding carboxylic acids is 1. The standard InChI is InChI=1S/C32H47NO2S/c1-2-22-33(23-21-29-16-11-24-36-29)28-19-20-30-27(25-28)15-10-17-31(30)35-32(34)18-9-4-3-6-12-26-13-7-5-8-14-26/h10-11,15-17,24,26,28H,2-9,12-14,18-23,25H2,1H3. The molecule has 2 aliphatic carbocycles. The van der Waals surface area contributed by atoms with Crippen LogP contribution < -0.4 is 4.74 Å². The van der Waals surface area contributed by atoms with E-state index in [0.29, 0.717) is 12.5 Å². The molecule has 2 aromatic rings. The molecule has 1 aromatic heterocycles. The number of hydrogen-bond acceptors (Lipinski definition) is 4. The van der Waals surface area contributed by atoms with Crippen LogP contribution in [-0.2, 0) is 24.1 Å². The third kappa shape index (κ3) is 8.45. The third-order valence-electron chi connectivity index (χ3n) is 8.36. The van der Waals surface area contributed by atoms with Gasteiger partial charge in [-0.25, -0.2) is 0 Å². The minimum atomic E-state index is -0.0543. The van der Waals surface area contributed by atoms with Crippen molar-refractivity contribution in [2.24, 2.45) is 5.92 Å². The highest BCUT2D eigenvalue weighted by molar-refractivity contribution is 7.09. The summed E-state index contributed by atoms with van der Waals surface area (Å²) in [7, 11) is 0. The van der Waals surface area contributed by atoms with Gasteiger partial charge in [-0.2, -0.15) is 0 Å². The van der Waals surface area contributed by atoms with Crippen LogP contribution >= 0.6 is 11.3 Å². The number of ether oxygens (including phenoxy) is 1. The van der Waals surface area contributed by atoms with Gasteiger partial charge in [0.05, 0.1) is 0 Å². The molecule has 4 rings (SSSR count). The van der Waals surface area contributed by atoms with E-state index in [0.717, 1.165) is 63.3 Å². The van der Waals surface area contributed by atoms with Crippen molar-refractivity contribution >= 4 is 17.3 Å². The van der Waals surface area contributed by atoms with E-state index < -0.39 is 0 Å². The summed E-state index contributed by atoms with van der Waals surface area (Å²) in [4.78, 5) is 16.8. The van der Waals surface area contributed by atoms with Crippen LogP contribution in [0.2, 0.25) is 0 Å². The van der Waals surface area contributed by atoms with Gasteiger partial charge in [-0.05, 0) is 79.6 Å². The van der Waals surface area contributed by atoms with Crippen LogP contribution in [0.25, 0.3) is 0 Å². The fraction of sp³-hybridized carbons (Fsp3) is 0.656. The lowest BCUT2D eigenvalue weighted by Gasteiger charge is -2.35. The van der Waals surface area contributed by atoms with Crippen LogP contribution in [0.4, 0.5) is 0 Å². The van der Waals surface area contributed by atoms with Crippen molar-refractivity contribution in [1.82, 2.24) is 4.90 Å². The summed E-state index contributed by atoms with van der Waals surface area (Å²) in [5, 5.41) is 2.18. The van der Waals surface area contributed by atoms with E-state index in [1.54, 1.807) is 0 Å². The van der Waals surface area contributed by atoms with E-state index in [4.69, 9.17) is 4.74 Å². The molecule has 2 aliphatic rings. The first-order valence-corrected chi connectivity index (χ1v) is 15.7. The smallest absolute Gasteiger partial charge is 0.311 e. The van der Waals surface area contributed by atoms with E-state index >= 15 is 0 Å². The maximum atomic E-state index is 12.6. The molecule has 1 aromatic carbocycles. The second kappa shape index (κ2) is 14.9. The summed E-state index contributed by atoms with van der Waals surface area (Å²) >= 11 is 1.87. The van der Waals surface area contributed by atoms with E-state index in [1.165, 1.54) is 73.8 Å². The molecule has 198 valence electrons. The van der Waals surface area contributed by atoms with E-state index in [2.05, 4.69) is 41.5 Å². The molecule has 1 saturated carbocycles. The molecule has 0 amide bonds. The van der Waals surface area contributed by atoms with Crippen molar-refractivity contribution in [3.05, 3.63) is 51.7 Å². The molecule has 1 unspecified atom stereocenters. The minimum Gasteiger partial charge on any atom is -0.426 e. The van der Waals surface area contributed by atoms with Gasteiger partial charge in [0.25, 0.3) is 0 Å². The summed E-state index contributed by atoms with van der Waals surface area (Å²) < 4.78 is 5.90. The predicted molar refractivity (Wildman–Crippen MR) is 152 cm³/mol. The average Bonchev–Trinajstić information content (AvgIpc) is 3.43. The van der Waals surface area contributed by atoms with Gasteiger partial charge in [0, 0.05) is 23.9 Å². The number of carbonyl (C=O) groups is 1. The summed E-state index contributed by atoms with van der Waals surface area (Å²) in [6, 6.07) is 11.3.